The van der Waals surface area contributed by atoms with Gasteiger partial charge < -0.3 is 15.7 Å². The summed E-state index contributed by atoms with van der Waals surface area (Å²) in [5.41, 5.74) is 3.05. The second kappa shape index (κ2) is 7.14. The lowest BCUT2D eigenvalue weighted by Gasteiger charge is -2.15. The largest absolute Gasteiger partial charge is 0.393 e. The standard InChI is InChI=1S/C15H24N2O2/c1-10-5-6-14(12(3)7-10)17-15(19)16-9-11(2)8-13(4)18/h5-7,11,13,18H,8-9H2,1-4H3,(H2,16,17,19)/t11-,13-/m1/s1. The van der Waals surface area contributed by atoms with Crippen LogP contribution in [-0.2, 0) is 0 Å². The number of aliphatic hydroxyl groups excluding tert-OH is 1. The highest BCUT2D eigenvalue weighted by molar-refractivity contribution is 5.90. The van der Waals surface area contributed by atoms with Crippen molar-refractivity contribution in [2.75, 3.05) is 11.9 Å². The van der Waals surface area contributed by atoms with E-state index in [4.69, 9.17) is 0 Å². The maximum Gasteiger partial charge on any atom is 0.319 e. The fourth-order valence-electron chi connectivity index (χ4n) is 2.05. The van der Waals surface area contributed by atoms with Gasteiger partial charge in [-0.15, -0.1) is 0 Å². The van der Waals surface area contributed by atoms with E-state index in [1.807, 2.05) is 39.0 Å². The van der Waals surface area contributed by atoms with Gasteiger partial charge in [0, 0.05) is 12.2 Å². The summed E-state index contributed by atoms with van der Waals surface area (Å²) in [6.07, 6.45) is 0.350. The van der Waals surface area contributed by atoms with Gasteiger partial charge in [-0.3, -0.25) is 0 Å². The Hall–Kier alpha value is -1.55. The van der Waals surface area contributed by atoms with Crippen LogP contribution in [0.2, 0.25) is 0 Å². The predicted octanol–water partition coefficient (Wildman–Crippen LogP) is 2.83. The van der Waals surface area contributed by atoms with Gasteiger partial charge in [-0.1, -0.05) is 24.6 Å². The number of urea groups is 1. The van der Waals surface area contributed by atoms with Crippen LogP contribution in [0.1, 0.15) is 31.4 Å². The number of benzene rings is 1. The first-order valence-electron chi connectivity index (χ1n) is 6.68. The first kappa shape index (κ1) is 15.5. The minimum absolute atomic E-state index is 0.204. The molecule has 0 saturated heterocycles. The molecule has 106 valence electrons. The second-order valence-electron chi connectivity index (χ2n) is 5.34. The molecule has 0 radical (unpaired) electrons. The molecule has 0 fully saturated rings. The number of hydrogen-bond acceptors (Lipinski definition) is 2. The van der Waals surface area contributed by atoms with E-state index in [9.17, 15) is 9.90 Å². The predicted molar refractivity (Wildman–Crippen MR) is 78.4 cm³/mol. The van der Waals surface area contributed by atoms with Gasteiger partial charge in [-0.05, 0) is 44.7 Å². The van der Waals surface area contributed by atoms with Gasteiger partial charge in [0.2, 0.25) is 0 Å². The number of carbonyl (C=O) groups is 1. The fourth-order valence-corrected chi connectivity index (χ4v) is 2.05. The average molecular weight is 264 g/mol. The van der Waals surface area contributed by atoms with Gasteiger partial charge in [-0.2, -0.15) is 0 Å². The molecule has 0 saturated carbocycles. The van der Waals surface area contributed by atoms with E-state index in [1.54, 1.807) is 6.92 Å². The van der Waals surface area contributed by atoms with E-state index in [2.05, 4.69) is 10.6 Å². The summed E-state index contributed by atoms with van der Waals surface area (Å²) in [4.78, 5) is 11.8. The van der Waals surface area contributed by atoms with Crippen molar-refractivity contribution in [2.24, 2.45) is 5.92 Å². The molecule has 0 unspecified atom stereocenters. The lowest BCUT2D eigenvalue weighted by Crippen LogP contribution is -2.33. The molecule has 0 spiro atoms. The Balaban J connectivity index is 2.43. The molecule has 0 heterocycles. The van der Waals surface area contributed by atoms with Crippen LogP contribution in [-0.4, -0.2) is 23.8 Å². The van der Waals surface area contributed by atoms with E-state index in [-0.39, 0.29) is 18.1 Å². The highest BCUT2D eigenvalue weighted by Crippen LogP contribution is 2.15. The zero-order valence-corrected chi connectivity index (χ0v) is 12.2. The molecule has 4 heteroatoms. The molecule has 0 aliphatic carbocycles. The van der Waals surface area contributed by atoms with Gasteiger partial charge in [0.05, 0.1) is 6.10 Å². The molecule has 19 heavy (non-hydrogen) atoms. The maximum atomic E-state index is 11.8. The summed E-state index contributed by atoms with van der Waals surface area (Å²) < 4.78 is 0. The maximum absolute atomic E-state index is 11.8. The Bertz CT molecular complexity index is 430. The van der Waals surface area contributed by atoms with Crippen molar-refractivity contribution < 1.29 is 9.90 Å². The number of carbonyl (C=O) groups excluding carboxylic acids is 1. The fraction of sp³-hybridized carbons (Fsp3) is 0.533. The van der Waals surface area contributed by atoms with Crippen molar-refractivity contribution in [1.82, 2.24) is 5.32 Å². The summed E-state index contributed by atoms with van der Waals surface area (Å²) in [5.74, 6) is 0.255. The second-order valence-corrected chi connectivity index (χ2v) is 5.34. The van der Waals surface area contributed by atoms with Crippen LogP contribution < -0.4 is 10.6 Å². The van der Waals surface area contributed by atoms with Gasteiger partial charge in [0.25, 0.3) is 0 Å². The zero-order chi connectivity index (χ0) is 14.4. The quantitative estimate of drug-likeness (QED) is 0.766. The molecule has 1 rings (SSSR count). The minimum Gasteiger partial charge on any atom is -0.393 e. The summed E-state index contributed by atoms with van der Waals surface area (Å²) in [6.45, 7) is 8.31. The first-order valence-corrected chi connectivity index (χ1v) is 6.68. The van der Waals surface area contributed by atoms with Crippen LogP contribution in [0.15, 0.2) is 18.2 Å². The minimum atomic E-state index is -0.334. The van der Waals surface area contributed by atoms with Gasteiger partial charge in [0.1, 0.15) is 0 Å². The highest BCUT2D eigenvalue weighted by atomic mass is 16.3. The van der Waals surface area contributed by atoms with E-state index < -0.39 is 0 Å². The lowest BCUT2D eigenvalue weighted by atomic mass is 10.1. The Labute approximate surface area is 115 Å². The Morgan fingerprint density at radius 3 is 2.58 bits per heavy atom. The zero-order valence-electron chi connectivity index (χ0n) is 12.2. The Kier molecular flexibility index (Phi) is 5.83. The van der Waals surface area contributed by atoms with E-state index >= 15 is 0 Å². The van der Waals surface area contributed by atoms with Gasteiger partial charge >= 0.3 is 6.03 Å². The molecule has 1 aromatic carbocycles. The molecule has 4 nitrogen and oxygen atoms in total. The van der Waals surface area contributed by atoms with Crippen LogP contribution in [0, 0.1) is 19.8 Å². The topological polar surface area (TPSA) is 61.4 Å². The van der Waals surface area contributed by atoms with Gasteiger partial charge in [0.15, 0.2) is 0 Å². The number of anilines is 1. The molecule has 0 aliphatic rings. The SMILES string of the molecule is Cc1ccc(NC(=O)NC[C@H](C)C[C@@H](C)O)c(C)c1. The highest BCUT2D eigenvalue weighted by Gasteiger charge is 2.09. The van der Waals surface area contributed by atoms with Crippen LogP contribution in [0.3, 0.4) is 0 Å². The third-order valence-corrected chi connectivity index (χ3v) is 2.98. The van der Waals surface area contributed by atoms with E-state index in [0.29, 0.717) is 13.0 Å². The Morgan fingerprint density at radius 1 is 1.32 bits per heavy atom. The molecule has 0 bridgehead atoms. The third-order valence-electron chi connectivity index (χ3n) is 2.98. The summed E-state index contributed by atoms with van der Waals surface area (Å²) in [6, 6.07) is 5.71. The molecule has 2 amide bonds. The molecule has 1 aromatic rings. The monoisotopic (exact) mass is 264 g/mol. The first-order chi connectivity index (χ1) is 8.88. The third kappa shape index (κ3) is 5.75. The van der Waals surface area contributed by atoms with Crippen molar-refractivity contribution in [3.05, 3.63) is 29.3 Å². The van der Waals surface area contributed by atoms with Crippen molar-refractivity contribution in [3.63, 3.8) is 0 Å². The number of amides is 2. The summed E-state index contributed by atoms with van der Waals surface area (Å²) in [7, 11) is 0. The molecule has 0 aliphatic heterocycles. The number of aliphatic hydroxyl groups is 1. The van der Waals surface area contributed by atoms with Crippen LogP contribution in [0.5, 0.6) is 0 Å². The normalized spacial score (nSPS) is 13.7. The summed E-state index contributed by atoms with van der Waals surface area (Å²) in [5, 5.41) is 14.9. The van der Waals surface area contributed by atoms with E-state index in [0.717, 1.165) is 11.3 Å². The number of nitrogens with one attached hydrogen (secondary N) is 2. The van der Waals surface area contributed by atoms with Crippen LogP contribution >= 0.6 is 0 Å². The smallest absolute Gasteiger partial charge is 0.319 e. The molecular weight excluding hydrogens is 240 g/mol. The van der Waals surface area contributed by atoms with Crippen molar-refractivity contribution in [2.45, 2.75) is 40.2 Å². The Morgan fingerprint density at radius 2 is 2.00 bits per heavy atom. The van der Waals surface area contributed by atoms with Crippen molar-refractivity contribution in [1.29, 1.82) is 0 Å². The van der Waals surface area contributed by atoms with Crippen LogP contribution in [0.25, 0.3) is 0 Å². The molecule has 3 N–H and O–H groups in total. The lowest BCUT2D eigenvalue weighted by molar-refractivity contribution is 0.163. The number of hydrogen-bond donors (Lipinski definition) is 3. The average Bonchev–Trinajstić information content (AvgIpc) is 2.29. The number of rotatable bonds is 5. The summed E-state index contributed by atoms with van der Waals surface area (Å²) >= 11 is 0. The van der Waals surface area contributed by atoms with Crippen molar-refractivity contribution >= 4 is 11.7 Å². The van der Waals surface area contributed by atoms with Gasteiger partial charge in [-0.25, -0.2) is 4.79 Å². The molecule has 2 atom stereocenters. The molecular formula is C15H24N2O2. The van der Waals surface area contributed by atoms with E-state index in [1.165, 1.54) is 5.56 Å². The van der Waals surface area contributed by atoms with Crippen LogP contribution in [0.4, 0.5) is 10.5 Å². The van der Waals surface area contributed by atoms with Crippen molar-refractivity contribution in [3.8, 4) is 0 Å². The number of aryl methyl sites for hydroxylation is 2. The molecule has 0 aromatic heterocycles.